The van der Waals surface area contributed by atoms with Gasteiger partial charge in [0.2, 0.25) is 0 Å². The molecule has 0 amide bonds. The predicted octanol–water partition coefficient (Wildman–Crippen LogP) is 2.03. The van der Waals surface area contributed by atoms with Crippen molar-refractivity contribution >= 4 is 5.82 Å². The zero-order valence-corrected chi connectivity index (χ0v) is 13.8. The van der Waals surface area contributed by atoms with Gasteiger partial charge in [0.1, 0.15) is 5.82 Å². The molecule has 1 aromatic heterocycles. The Balaban J connectivity index is 1.73. The number of aliphatic hydroxyl groups excluding tert-OH is 1. The number of rotatable bonds is 4. The average Bonchev–Trinajstić information content (AvgIpc) is 2.57. The molecule has 1 N–H and O–H groups in total. The first-order valence-electron chi connectivity index (χ1n) is 8.19. The van der Waals surface area contributed by atoms with Crippen molar-refractivity contribution < 1.29 is 5.11 Å². The Labute approximate surface area is 137 Å². The van der Waals surface area contributed by atoms with Crippen LogP contribution in [0.5, 0.6) is 0 Å². The number of hydrogen-bond acceptors (Lipinski definition) is 5. The van der Waals surface area contributed by atoms with Crippen LogP contribution in [0.3, 0.4) is 0 Å². The fourth-order valence-corrected chi connectivity index (χ4v) is 3.07. The fourth-order valence-electron chi connectivity index (χ4n) is 3.07. The largest absolute Gasteiger partial charge is 0.392 e. The summed E-state index contributed by atoms with van der Waals surface area (Å²) < 4.78 is 0. The Kier molecular flexibility index (Phi) is 4.88. The van der Waals surface area contributed by atoms with E-state index in [9.17, 15) is 5.11 Å². The van der Waals surface area contributed by atoms with Gasteiger partial charge in [-0.3, -0.25) is 4.90 Å². The first kappa shape index (κ1) is 15.9. The predicted molar refractivity (Wildman–Crippen MR) is 92.4 cm³/mol. The molecule has 5 nitrogen and oxygen atoms in total. The van der Waals surface area contributed by atoms with Crippen LogP contribution in [0.15, 0.2) is 42.6 Å². The topological polar surface area (TPSA) is 52.5 Å². The molecule has 2 atom stereocenters. The van der Waals surface area contributed by atoms with Crippen molar-refractivity contribution in [1.29, 1.82) is 0 Å². The summed E-state index contributed by atoms with van der Waals surface area (Å²) in [5.74, 6) is 1.74. The zero-order chi connectivity index (χ0) is 16.2. The number of hydrogen-bond donors (Lipinski definition) is 1. The summed E-state index contributed by atoms with van der Waals surface area (Å²) in [6, 6.07) is 12.4. The fraction of sp³-hybridized carbons (Fsp3) is 0.444. The second kappa shape index (κ2) is 7.06. The molecule has 1 aromatic carbocycles. The van der Waals surface area contributed by atoms with Crippen LogP contribution in [-0.2, 0) is 0 Å². The van der Waals surface area contributed by atoms with Gasteiger partial charge in [-0.15, -0.1) is 0 Å². The van der Waals surface area contributed by atoms with Crippen LogP contribution in [0.2, 0.25) is 0 Å². The number of nitrogens with zero attached hydrogens (tertiary/aromatic N) is 4. The van der Waals surface area contributed by atoms with E-state index >= 15 is 0 Å². The molecule has 0 spiro atoms. The van der Waals surface area contributed by atoms with Crippen molar-refractivity contribution in [1.82, 2.24) is 14.9 Å². The minimum Gasteiger partial charge on any atom is -0.392 e. The summed E-state index contributed by atoms with van der Waals surface area (Å²) in [5, 5.41) is 9.59. The molecule has 1 aliphatic rings. The number of piperazine rings is 1. The maximum absolute atomic E-state index is 9.59. The van der Waals surface area contributed by atoms with E-state index in [0.717, 1.165) is 43.4 Å². The van der Waals surface area contributed by atoms with E-state index in [0.29, 0.717) is 6.04 Å². The van der Waals surface area contributed by atoms with E-state index in [-0.39, 0.29) is 6.10 Å². The molecule has 1 aliphatic heterocycles. The second-order valence-electron chi connectivity index (χ2n) is 6.24. The number of anilines is 1. The maximum Gasteiger partial charge on any atom is 0.161 e. The number of aliphatic hydroxyl groups is 1. The lowest BCUT2D eigenvalue weighted by molar-refractivity contribution is 0.0959. The van der Waals surface area contributed by atoms with Crippen molar-refractivity contribution in [2.45, 2.75) is 26.0 Å². The summed E-state index contributed by atoms with van der Waals surface area (Å²) in [4.78, 5) is 13.8. The standard InChI is InChI=1S/C18H24N4O/c1-14-12-22(11-10-21(14)13-15(2)23)17-8-9-19-18(20-17)16-6-4-3-5-7-16/h3-9,14-15,23H,10-13H2,1-2H3/t14-,15+/m1/s1. The second-order valence-corrected chi connectivity index (χ2v) is 6.24. The first-order chi connectivity index (χ1) is 11.1. The van der Waals surface area contributed by atoms with Crippen molar-refractivity contribution in [3.63, 3.8) is 0 Å². The van der Waals surface area contributed by atoms with E-state index in [1.54, 1.807) is 0 Å². The molecule has 0 bridgehead atoms. The molecular weight excluding hydrogens is 288 g/mol. The Morgan fingerprint density at radius 2 is 2.00 bits per heavy atom. The molecule has 2 heterocycles. The average molecular weight is 312 g/mol. The highest BCUT2D eigenvalue weighted by Crippen LogP contribution is 2.20. The van der Waals surface area contributed by atoms with Crippen LogP contribution in [0.1, 0.15) is 13.8 Å². The third-order valence-corrected chi connectivity index (χ3v) is 4.26. The zero-order valence-electron chi connectivity index (χ0n) is 13.8. The SMILES string of the molecule is C[C@H](O)CN1CCN(c2ccnc(-c3ccccc3)n2)C[C@H]1C. The lowest BCUT2D eigenvalue weighted by Crippen LogP contribution is -2.53. The Morgan fingerprint density at radius 1 is 1.22 bits per heavy atom. The molecule has 122 valence electrons. The molecule has 5 heteroatoms. The molecule has 2 aromatic rings. The molecule has 3 rings (SSSR count). The Bertz CT molecular complexity index is 632. The maximum atomic E-state index is 9.59. The monoisotopic (exact) mass is 312 g/mol. The quantitative estimate of drug-likeness (QED) is 0.936. The van der Waals surface area contributed by atoms with Crippen molar-refractivity contribution in [2.75, 3.05) is 31.1 Å². The number of aromatic nitrogens is 2. The lowest BCUT2D eigenvalue weighted by atomic mass is 10.1. The van der Waals surface area contributed by atoms with Gasteiger partial charge in [-0.2, -0.15) is 0 Å². The van der Waals surface area contributed by atoms with Crippen LogP contribution in [0.25, 0.3) is 11.4 Å². The van der Waals surface area contributed by atoms with E-state index in [2.05, 4.69) is 21.7 Å². The normalized spacial score (nSPS) is 20.5. The van der Waals surface area contributed by atoms with Crippen LogP contribution in [0.4, 0.5) is 5.82 Å². The number of benzene rings is 1. The molecule has 1 fully saturated rings. The van der Waals surface area contributed by atoms with Gasteiger partial charge in [0.05, 0.1) is 6.10 Å². The summed E-state index contributed by atoms with van der Waals surface area (Å²) in [6.45, 7) is 7.55. The molecular formula is C18H24N4O. The Morgan fingerprint density at radius 3 is 2.70 bits per heavy atom. The molecule has 0 aliphatic carbocycles. The van der Waals surface area contributed by atoms with Crippen LogP contribution < -0.4 is 4.90 Å². The van der Waals surface area contributed by atoms with Crippen LogP contribution in [-0.4, -0.2) is 58.3 Å². The van der Waals surface area contributed by atoms with Gasteiger partial charge in [0.25, 0.3) is 0 Å². The third kappa shape index (κ3) is 3.86. The summed E-state index contributed by atoms with van der Waals surface area (Å²) in [5.41, 5.74) is 1.04. The minimum atomic E-state index is -0.285. The summed E-state index contributed by atoms with van der Waals surface area (Å²) >= 11 is 0. The molecule has 0 saturated carbocycles. The van der Waals surface area contributed by atoms with Gasteiger partial charge < -0.3 is 10.0 Å². The highest BCUT2D eigenvalue weighted by atomic mass is 16.3. The van der Waals surface area contributed by atoms with Gasteiger partial charge >= 0.3 is 0 Å². The highest BCUT2D eigenvalue weighted by Gasteiger charge is 2.25. The van der Waals surface area contributed by atoms with E-state index in [1.807, 2.05) is 49.5 Å². The van der Waals surface area contributed by atoms with Gasteiger partial charge in [0.15, 0.2) is 5.82 Å². The van der Waals surface area contributed by atoms with Crippen LogP contribution in [0, 0.1) is 0 Å². The molecule has 0 radical (unpaired) electrons. The molecule has 1 saturated heterocycles. The summed E-state index contributed by atoms with van der Waals surface area (Å²) in [7, 11) is 0. The molecule has 0 unspecified atom stereocenters. The molecule has 23 heavy (non-hydrogen) atoms. The van der Waals surface area contributed by atoms with Crippen molar-refractivity contribution in [3.8, 4) is 11.4 Å². The van der Waals surface area contributed by atoms with E-state index in [1.165, 1.54) is 0 Å². The highest BCUT2D eigenvalue weighted by molar-refractivity contribution is 5.57. The number of β-amino-alcohol motifs (C(OH)–C–C–N with tert-alkyl or cyclic N) is 1. The lowest BCUT2D eigenvalue weighted by Gasteiger charge is -2.40. The third-order valence-electron chi connectivity index (χ3n) is 4.26. The summed E-state index contributed by atoms with van der Waals surface area (Å²) in [6.07, 6.45) is 1.55. The van der Waals surface area contributed by atoms with Crippen LogP contribution >= 0.6 is 0 Å². The Hall–Kier alpha value is -1.98. The van der Waals surface area contributed by atoms with Gasteiger partial charge in [0, 0.05) is 44.0 Å². The minimum absolute atomic E-state index is 0.285. The van der Waals surface area contributed by atoms with Gasteiger partial charge in [-0.25, -0.2) is 9.97 Å². The smallest absolute Gasteiger partial charge is 0.161 e. The van der Waals surface area contributed by atoms with E-state index < -0.39 is 0 Å². The van der Waals surface area contributed by atoms with E-state index in [4.69, 9.17) is 4.98 Å². The van der Waals surface area contributed by atoms with Crippen molar-refractivity contribution in [2.24, 2.45) is 0 Å². The first-order valence-corrected chi connectivity index (χ1v) is 8.19. The van der Waals surface area contributed by atoms with Gasteiger partial charge in [-0.1, -0.05) is 30.3 Å². The van der Waals surface area contributed by atoms with Gasteiger partial charge in [-0.05, 0) is 19.9 Å². The van der Waals surface area contributed by atoms with Crippen molar-refractivity contribution in [3.05, 3.63) is 42.6 Å².